The molecule has 1 nitrogen and oxygen atoms in total. The van der Waals surface area contributed by atoms with Crippen molar-refractivity contribution in [2.75, 3.05) is 0 Å². The second-order valence-corrected chi connectivity index (χ2v) is 9.12. The summed E-state index contributed by atoms with van der Waals surface area (Å²) in [6.45, 7) is 0. The number of benzene rings is 2. The first-order valence-corrected chi connectivity index (χ1v) is 11.8. The molecule has 0 N–H and O–H groups in total. The van der Waals surface area contributed by atoms with E-state index in [0.29, 0.717) is 0 Å². The molecule has 0 aliphatic heterocycles. The summed E-state index contributed by atoms with van der Waals surface area (Å²) in [6, 6.07) is 29.4. The van der Waals surface area contributed by atoms with Crippen LogP contribution in [-0.4, -0.2) is 0 Å². The fourth-order valence-corrected chi connectivity index (χ4v) is 2.90. The van der Waals surface area contributed by atoms with Crippen molar-refractivity contribution in [3.63, 3.8) is 0 Å². The minimum absolute atomic E-state index is 1.18. The van der Waals surface area contributed by atoms with Gasteiger partial charge in [0.15, 0.2) is 12.4 Å². The molecule has 2 aromatic heterocycles. The van der Waals surface area contributed by atoms with E-state index < -0.39 is 7.81 Å². The third-order valence-electron chi connectivity index (χ3n) is 4.32. The SMILES string of the molecule is C(=C\c1cc[n+]2ccc(/C=C/c3ccccc3)cc2c1)/c1ccccc1.F[P-](F)(F)(F)(F)F. The molecule has 0 unspecified atom stereocenters. The Morgan fingerprint density at radius 1 is 0.485 bits per heavy atom. The van der Waals surface area contributed by atoms with Crippen molar-refractivity contribution in [1.29, 1.82) is 0 Å². The molecule has 8 heteroatoms. The molecule has 172 valence electrons. The third-order valence-corrected chi connectivity index (χ3v) is 4.32. The zero-order valence-corrected chi connectivity index (χ0v) is 18.1. The van der Waals surface area contributed by atoms with Gasteiger partial charge in [0.2, 0.25) is 5.52 Å². The van der Waals surface area contributed by atoms with Gasteiger partial charge in [0.05, 0.1) is 0 Å². The molecule has 0 saturated heterocycles. The number of halogens is 6. The molecule has 0 bridgehead atoms. The van der Waals surface area contributed by atoms with Gasteiger partial charge in [-0.05, 0) is 22.3 Å². The van der Waals surface area contributed by atoms with Crippen LogP contribution in [0.15, 0.2) is 97.3 Å². The van der Waals surface area contributed by atoms with Crippen LogP contribution in [-0.2, 0) is 0 Å². The number of hydrogen-bond donors (Lipinski definition) is 0. The van der Waals surface area contributed by atoms with E-state index in [1.165, 1.54) is 27.8 Å². The second-order valence-electron chi connectivity index (χ2n) is 7.20. The van der Waals surface area contributed by atoms with E-state index in [1.54, 1.807) is 0 Å². The van der Waals surface area contributed by atoms with Crippen LogP contribution >= 0.6 is 7.81 Å². The van der Waals surface area contributed by atoms with Crippen LogP contribution in [0.25, 0.3) is 29.8 Å². The molecular weight excluding hydrogens is 459 g/mol. The van der Waals surface area contributed by atoms with Crippen molar-refractivity contribution in [2.24, 2.45) is 0 Å². The number of aromatic nitrogens is 1. The summed E-state index contributed by atoms with van der Waals surface area (Å²) < 4.78 is 61.3. The fourth-order valence-electron chi connectivity index (χ4n) is 2.90. The number of nitrogens with zero attached hydrogens (tertiary/aromatic N) is 1. The topological polar surface area (TPSA) is 4.10 Å². The molecule has 0 aliphatic carbocycles. The Balaban J connectivity index is 0.000000383. The van der Waals surface area contributed by atoms with E-state index in [0.717, 1.165) is 0 Å². The van der Waals surface area contributed by atoms with Crippen LogP contribution in [0.1, 0.15) is 22.3 Å². The second kappa shape index (κ2) is 8.83. The average Bonchev–Trinajstić information content (AvgIpc) is 2.75. The Hall–Kier alpha value is -3.44. The van der Waals surface area contributed by atoms with E-state index in [4.69, 9.17) is 0 Å². The van der Waals surface area contributed by atoms with Gasteiger partial charge in [-0.25, -0.2) is 0 Å². The van der Waals surface area contributed by atoms with Gasteiger partial charge in [0.1, 0.15) is 0 Å². The maximum atomic E-state index is 9.87. The summed E-state index contributed by atoms with van der Waals surface area (Å²) in [5.41, 5.74) is 5.98. The van der Waals surface area contributed by atoms with Crippen LogP contribution in [0.3, 0.4) is 0 Å². The summed E-state index contributed by atoms with van der Waals surface area (Å²) in [4.78, 5) is 0. The number of fused-ring (bicyclic) bond motifs is 1. The molecule has 0 saturated carbocycles. The molecule has 0 atom stereocenters. The molecule has 0 spiro atoms. The summed E-state index contributed by atoms with van der Waals surface area (Å²) in [5.74, 6) is 0. The Kier molecular flexibility index (Phi) is 6.48. The molecule has 0 radical (unpaired) electrons. The first-order chi connectivity index (χ1) is 15.3. The van der Waals surface area contributed by atoms with Gasteiger partial charge in [0.25, 0.3) is 0 Å². The van der Waals surface area contributed by atoms with Crippen molar-refractivity contribution in [1.82, 2.24) is 0 Å². The van der Waals surface area contributed by atoms with Crippen molar-refractivity contribution in [3.8, 4) is 0 Å². The first-order valence-electron chi connectivity index (χ1n) is 9.80. The van der Waals surface area contributed by atoms with Crippen LogP contribution < -0.4 is 4.40 Å². The van der Waals surface area contributed by atoms with Crippen LogP contribution in [0.2, 0.25) is 0 Å². The summed E-state index contributed by atoms with van der Waals surface area (Å²) in [6.07, 6.45) is 12.8. The van der Waals surface area contributed by atoms with Crippen molar-refractivity contribution >= 4 is 37.6 Å². The Labute approximate surface area is 187 Å². The number of pyridine rings is 2. The van der Waals surface area contributed by atoms with Gasteiger partial charge in [-0.3, -0.25) is 0 Å². The van der Waals surface area contributed by atoms with Crippen LogP contribution in [0, 0.1) is 0 Å². The molecule has 33 heavy (non-hydrogen) atoms. The van der Waals surface area contributed by atoms with E-state index in [2.05, 4.69) is 114 Å². The third kappa shape index (κ3) is 10.1. The first kappa shape index (κ1) is 24.2. The molecule has 0 amide bonds. The van der Waals surface area contributed by atoms with Crippen molar-refractivity contribution in [2.45, 2.75) is 0 Å². The summed E-state index contributed by atoms with van der Waals surface area (Å²) >= 11 is 0. The van der Waals surface area contributed by atoms with E-state index >= 15 is 0 Å². The molecule has 4 rings (SSSR count). The predicted octanol–water partition coefficient (Wildman–Crippen LogP) is 9.15. The zero-order chi connectivity index (χ0) is 24.0. The van der Waals surface area contributed by atoms with Crippen molar-refractivity contribution in [3.05, 3.63) is 120 Å². The molecule has 0 aliphatic rings. The van der Waals surface area contributed by atoms with Crippen LogP contribution in [0.4, 0.5) is 25.2 Å². The van der Waals surface area contributed by atoms with Gasteiger partial charge >= 0.3 is 33.0 Å². The molecule has 4 aromatic rings. The van der Waals surface area contributed by atoms with Gasteiger partial charge in [-0.15, -0.1) is 0 Å². The van der Waals surface area contributed by atoms with E-state index in [1.807, 2.05) is 12.1 Å². The van der Waals surface area contributed by atoms with Gasteiger partial charge < -0.3 is 0 Å². The Morgan fingerprint density at radius 3 is 1.18 bits per heavy atom. The molecule has 2 heterocycles. The quantitative estimate of drug-likeness (QED) is 0.156. The normalized spacial score (nSPS) is 14.0. The standard InChI is InChI=1S/C25H20N.F6P/c1-3-7-21(8-4-1)11-13-23-15-17-26-18-16-24(20-25(26)19-23)14-12-22-9-5-2-6-10-22;1-7(2,3,4,5)6/h1-20H;/q+1;-1/b13-11+,14-12+;. The zero-order valence-electron chi connectivity index (χ0n) is 17.2. The van der Waals surface area contributed by atoms with Crippen LogP contribution in [0.5, 0.6) is 0 Å². The minimum atomic E-state index is -10.7. The average molecular weight is 479 g/mol. The monoisotopic (exact) mass is 479 g/mol. The predicted molar refractivity (Wildman–Crippen MR) is 124 cm³/mol. The Morgan fingerprint density at radius 2 is 0.818 bits per heavy atom. The Bertz CT molecular complexity index is 1190. The van der Waals surface area contributed by atoms with Gasteiger partial charge in [-0.1, -0.05) is 85.0 Å². The van der Waals surface area contributed by atoms with E-state index in [9.17, 15) is 25.2 Å². The van der Waals surface area contributed by atoms with Gasteiger partial charge in [-0.2, -0.15) is 4.40 Å². The molecular formula is C25H20F6NP. The fraction of sp³-hybridized carbons (Fsp3) is 0. The molecule has 2 aromatic carbocycles. The number of hydrogen-bond acceptors (Lipinski definition) is 0. The maximum absolute atomic E-state index is 10.7. The molecule has 0 fully saturated rings. The summed E-state index contributed by atoms with van der Waals surface area (Å²) in [7, 11) is -10.7. The van der Waals surface area contributed by atoms with E-state index in [-0.39, 0.29) is 0 Å². The van der Waals surface area contributed by atoms with Gasteiger partial charge in [0, 0.05) is 24.3 Å². The summed E-state index contributed by atoms with van der Waals surface area (Å²) in [5, 5.41) is 0. The number of rotatable bonds is 4. The van der Waals surface area contributed by atoms with Crippen molar-refractivity contribution < 1.29 is 29.6 Å².